The summed E-state index contributed by atoms with van der Waals surface area (Å²) in [6.07, 6.45) is 0.576. The largest absolute Gasteiger partial charge is 0.333 e. The van der Waals surface area contributed by atoms with Gasteiger partial charge in [-0.05, 0) is 0 Å². The van der Waals surface area contributed by atoms with Crippen LogP contribution in [0, 0.1) is 0 Å². The van der Waals surface area contributed by atoms with E-state index in [1.165, 1.54) is 0 Å². The minimum atomic E-state index is 0.213. The van der Waals surface area contributed by atoms with Gasteiger partial charge < -0.3 is 14.8 Å². The average Bonchev–Trinajstić information content (AvgIpc) is 3.06. The summed E-state index contributed by atoms with van der Waals surface area (Å²) in [5, 5.41) is 12.1. The van der Waals surface area contributed by atoms with Crippen LogP contribution < -0.4 is 5.32 Å². The highest BCUT2D eigenvalue weighted by Crippen LogP contribution is 2.22. The molecule has 126 valence electrons. The molecule has 1 saturated heterocycles. The summed E-state index contributed by atoms with van der Waals surface area (Å²) in [6, 6.07) is 10.4. The summed E-state index contributed by atoms with van der Waals surface area (Å²) in [5.41, 5.74) is 1.07. The molecule has 2 aromatic rings. The molecule has 2 aliphatic rings. The number of hydrogen-bond acceptors (Lipinski definition) is 5. The van der Waals surface area contributed by atoms with E-state index in [2.05, 4.69) is 20.1 Å². The Bertz CT molecular complexity index is 711. The van der Waals surface area contributed by atoms with Crippen LogP contribution in [0.1, 0.15) is 12.2 Å². The van der Waals surface area contributed by atoms with Gasteiger partial charge in [-0.15, -0.1) is 10.2 Å². The first-order valence-electron chi connectivity index (χ1n) is 8.37. The van der Waals surface area contributed by atoms with E-state index >= 15 is 0 Å². The minimum Gasteiger partial charge on any atom is -0.333 e. The predicted molar refractivity (Wildman–Crippen MR) is 94.6 cm³/mol. The Morgan fingerprint density at radius 3 is 2.92 bits per heavy atom. The Morgan fingerprint density at radius 2 is 2.12 bits per heavy atom. The number of fused-ring (bicyclic) bond motifs is 1. The minimum absolute atomic E-state index is 0.213. The Labute approximate surface area is 145 Å². The molecule has 2 aliphatic heterocycles. The first-order valence-corrected chi connectivity index (χ1v) is 9.53. The van der Waals surface area contributed by atoms with E-state index in [0.717, 1.165) is 48.4 Å². The molecule has 24 heavy (non-hydrogen) atoms. The van der Waals surface area contributed by atoms with Gasteiger partial charge in [-0.2, -0.15) is 11.8 Å². The molecule has 0 saturated carbocycles. The number of aromatic nitrogens is 3. The van der Waals surface area contributed by atoms with Gasteiger partial charge in [0.05, 0.1) is 6.54 Å². The van der Waals surface area contributed by atoms with Crippen molar-refractivity contribution in [2.24, 2.45) is 0 Å². The van der Waals surface area contributed by atoms with Crippen LogP contribution in [0.3, 0.4) is 0 Å². The Kier molecular flexibility index (Phi) is 4.53. The lowest BCUT2D eigenvalue weighted by Crippen LogP contribution is -2.44. The lowest BCUT2D eigenvalue weighted by Gasteiger charge is -2.30. The second-order valence-corrected chi connectivity index (χ2v) is 7.35. The quantitative estimate of drug-likeness (QED) is 0.912. The normalized spacial score (nSPS) is 20.7. The molecule has 1 amide bonds. The van der Waals surface area contributed by atoms with Crippen molar-refractivity contribution in [3.05, 3.63) is 36.2 Å². The third kappa shape index (κ3) is 3.18. The van der Waals surface area contributed by atoms with E-state index in [9.17, 15) is 4.79 Å². The maximum Gasteiger partial charge on any atom is 0.224 e. The summed E-state index contributed by atoms with van der Waals surface area (Å²) >= 11 is 1.92. The molecule has 1 aromatic heterocycles. The lowest BCUT2D eigenvalue weighted by molar-refractivity contribution is -0.133. The second kappa shape index (κ2) is 6.94. The molecule has 1 N–H and O–H groups in total. The van der Waals surface area contributed by atoms with Crippen LogP contribution >= 0.6 is 11.8 Å². The van der Waals surface area contributed by atoms with Gasteiger partial charge in [-0.25, -0.2) is 0 Å². The molecule has 0 aliphatic carbocycles. The summed E-state index contributed by atoms with van der Waals surface area (Å²) in [5.74, 6) is 4.14. The van der Waals surface area contributed by atoms with E-state index < -0.39 is 0 Å². The molecular formula is C17H21N5OS. The molecule has 4 rings (SSSR count). The van der Waals surface area contributed by atoms with Gasteiger partial charge in [0.25, 0.3) is 0 Å². The molecule has 1 unspecified atom stereocenters. The Hall–Kier alpha value is -1.86. The van der Waals surface area contributed by atoms with Crippen LogP contribution in [0.25, 0.3) is 11.4 Å². The van der Waals surface area contributed by atoms with Crippen molar-refractivity contribution in [2.45, 2.75) is 25.6 Å². The third-order valence-corrected chi connectivity index (χ3v) is 5.69. The maximum absolute atomic E-state index is 12.6. The fourth-order valence-electron chi connectivity index (χ4n) is 3.26. The summed E-state index contributed by atoms with van der Waals surface area (Å²) < 4.78 is 2.13. The fraction of sp³-hybridized carbons (Fsp3) is 0.471. The summed E-state index contributed by atoms with van der Waals surface area (Å²) in [4.78, 5) is 14.5. The van der Waals surface area contributed by atoms with Crippen LogP contribution in [0.15, 0.2) is 30.3 Å². The zero-order chi connectivity index (χ0) is 16.4. The molecule has 0 bridgehead atoms. The smallest absolute Gasteiger partial charge is 0.224 e. The topological polar surface area (TPSA) is 63.1 Å². The van der Waals surface area contributed by atoms with Crippen molar-refractivity contribution in [3.8, 4) is 11.4 Å². The SMILES string of the molecule is O=C(CC1CSCCN1)N1CCn2c(nnc2-c2ccccc2)C1. The van der Waals surface area contributed by atoms with Crippen molar-refractivity contribution in [3.63, 3.8) is 0 Å². The fourth-order valence-corrected chi connectivity index (χ4v) is 4.21. The van der Waals surface area contributed by atoms with Crippen molar-refractivity contribution in [2.75, 3.05) is 24.6 Å². The van der Waals surface area contributed by atoms with Crippen LogP contribution in [0.4, 0.5) is 0 Å². The number of nitrogens with zero attached hydrogens (tertiary/aromatic N) is 4. The van der Waals surface area contributed by atoms with E-state index in [1.54, 1.807) is 0 Å². The number of benzene rings is 1. The number of hydrogen-bond donors (Lipinski definition) is 1. The van der Waals surface area contributed by atoms with Crippen LogP contribution in [-0.2, 0) is 17.9 Å². The Balaban J connectivity index is 1.45. The first-order chi connectivity index (χ1) is 11.8. The number of carbonyl (C=O) groups excluding carboxylic acids is 1. The average molecular weight is 343 g/mol. The lowest BCUT2D eigenvalue weighted by atomic mass is 10.2. The van der Waals surface area contributed by atoms with E-state index in [-0.39, 0.29) is 5.91 Å². The van der Waals surface area contributed by atoms with Crippen molar-refractivity contribution < 1.29 is 4.79 Å². The highest BCUT2D eigenvalue weighted by atomic mass is 32.2. The number of nitrogens with one attached hydrogen (secondary N) is 1. The number of thioether (sulfide) groups is 1. The molecule has 3 heterocycles. The summed E-state index contributed by atoms with van der Waals surface area (Å²) in [7, 11) is 0. The Morgan fingerprint density at radius 1 is 1.25 bits per heavy atom. The second-order valence-electron chi connectivity index (χ2n) is 6.20. The van der Waals surface area contributed by atoms with Crippen LogP contribution in [0.2, 0.25) is 0 Å². The van der Waals surface area contributed by atoms with Gasteiger partial charge in [-0.1, -0.05) is 30.3 Å². The number of rotatable bonds is 3. The van der Waals surface area contributed by atoms with E-state index in [1.807, 2.05) is 47.0 Å². The van der Waals surface area contributed by atoms with Gasteiger partial charge in [0.1, 0.15) is 0 Å². The van der Waals surface area contributed by atoms with Crippen molar-refractivity contribution in [1.82, 2.24) is 25.0 Å². The molecule has 7 heteroatoms. The van der Waals surface area contributed by atoms with E-state index in [4.69, 9.17) is 0 Å². The molecular weight excluding hydrogens is 322 g/mol. The summed E-state index contributed by atoms with van der Waals surface area (Å²) in [6.45, 7) is 3.03. The van der Waals surface area contributed by atoms with E-state index in [0.29, 0.717) is 19.0 Å². The van der Waals surface area contributed by atoms with Gasteiger partial charge in [0.2, 0.25) is 5.91 Å². The zero-order valence-corrected chi connectivity index (χ0v) is 14.3. The zero-order valence-electron chi connectivity index (χ0n) is 13.5. The maximum atomic E-state index is 12.6. The van der Waals surface area contributed by atoms with Crippen LogP contribution in [-0.4, -0.2) is 56.2 Å². The van der Waals surface area contributed by atoms with Crippen LogP contribution in [0.5, 0.6) is 0 Å². The van der Waals surface area contributed by atoms with Gasteiger partial charge >= 0.3 is 0 Å². The molecule has 6 nitrogen and oxygen atoms in total. The number of carbonyl (C=O) groups is 1. The predicted octanol–water partition coefficient (Wildman–Crippen LogP) is 1.38. The van der Waals surface area contributed by atoms with Gasteiger partial charge in [0.15, 0.2) is 11.6 Å². The number of amides is 1. The monoisotopic (exact) mass is 343 g/mol. The van der Waals surface area contributed by atoms with Crippen molar-refractivity contribution >= 4 is 17.7 Å². The highest BCUT2D eigenvalue weighted by Gasteiger charge is 2.27. The van der Waals surface area contributed by atoms with Gasteiger partial charge in [-0.3, -0.25) is 4.79 Å². The molecule has 0 spiro atoms. The molecule has 1 fully saturated rings. The first kappa shape index (κ1) is 15.7. The third-order valence-electron chi connectivity index (χ3n) is 4.56. The highest BCUT2D eigenvalue weighted by molar-refractivity contribution is 7.99. The molecule has 1 aromatic carbocycles. The molecule has 0 radical (unpaired) electrons. The standard InChI is InChI=1S/C17H21N5OS/c23-16(10-14-12-24-9-6-18-14)21-7-8-22-15(11-21)19-20-17(22)13-4-2-1-3-5-13/h1-5,14,18H,6-12H2. The van der Waals surface area contributed by atoms with Crippen molar-refractivity contribution in [1.29, 1.82) is 0 Å². The molecule has 1 atom stereocenters. The van der Waals surface area contributed by atoms with Gasteiger partial charge in [0, 0.05) is 49.2 Å².